The third-order valence-electron chi connectivity index (χ3n) is 5.21. The minimum atomic E-state index is -0.506. The Labute approximate surface area is 199 Å². The van der Waals surface area contributed by atoms with Crippen molar-refractivity contribution in [3.05, 3.63) is 51.0 Å². The van der Waals surface area contributed by atoms with Crippen molar-refractivity contribution in [2.75, 3.05) is 16.8 Å². The predicted octanol–water partition coefficient (Wildman–Crippen LogP) is 4.32. The molecule has 0 fully saturated rings. The summed E-state index contributed by atoms with van der Waals surface area (Å²) in [4.78, 5) is 34.6. The van der Waals surface area contributed by atoms with Crippen LogP contribution in [0.3, 0.4) is 0 Å². The van der Waals surface area contributed by atoms with E-state index in [9.17, 15) is 9.59 Å². The summed E-state index contributed by atoms with van der Waals surface area (Å²) in [7, 11) is 0. The molecule has 0 saturated heterocycles. The molecule has 0 radical (unpaired) electrons. The number of benzene rings is 1. The normalized spacial score (nSPS) is 12.6. The lowest BCUT2D eigenvalue weighted by atomic mass is 10.0. The SMILES string of the molecule is CCc1nc(SCC(=O)Nc2sc3c(c2C(N)=O)CCC3)nc(N)c1-c1ccc(Cl)cc1. The molecule has 10 heteroatoms. The molecule has 4 rings (SSSR count). The highest BCUT2D eigenvalue weighted by Crippen LogP contribution is 2.39. The van der Waals surface area contributed by atoms with E-state index in [4.69, 9.17) is 23.1 Å². The summed E-state index contributed by atoms with van der Waals surface area (Å²) in [6, 6.07) is 7.35. The van der Waals surface area contributed by atoms with Crippen molar-refractivity contribution in [1.29, 1.82) is 0 Å². The molecular weight excluding hydrogens is 466 g/mol. The Kier molecular flexibility index (Phi) is 6.68. The predicted molar refractivity (Wildman–Crippen MR) is 130 cm³/mol. The van der Waals surface area contributed by atoms with Gasteiger partial charge in [0.15, 0.2) is 5.16 Å². The van der Waals surface area contributed by atoms with Gasteiger partial charge in [0.2, 0.25) is 5.91 Å². The zero-order valence-electron chi connectivity index (χ0n) is 17.4. The van der Waals surface area contributed by atoms with E-state index in [1.54, 1.807) is 12.1 Å². The number of aryl methyl sites for hydroxylation is 2. The fourth-order valence-corrected chi connectivity index (χ4v) is 5.91. The first-order chi connectivity index (χ1) is 15.4. The molecule has 1 aliphatic rings. The second-order valence-corrected chi connectivity index (χ2v) is 9.82. The molecule has 32 heavy (non-hydrogen) atoms. The number of thiophene rings is 1. The van der Waals surface area contributed by atoms with E-state index in [0.29, 0.717) is 33.0 Å². The standard InChI is InChI=1S/C22H22ClN5O2S2/c1-2-14-17(11-6-8-12(23)9-7-11)19(24)28-22(26-14)31-10-16(29)27-21-18(20(25)30)13-4-3-5-15(13)32-21/h6-9H,2-5,10H2,1H3,(H2,25,30)(H,27,29)(H2,24,26,28). The van der Waals surface area contributed by atoms with E-state index in [-0.39, 0.29) is 11.7 Å². The molecule has 0 unspecified atom stereocenters. The lowest BCUT2D eigenvalue weighted by Crippen LogP contribution is -2.19. The van der Waals surface area contributed by atoms with Gasteiger partial charge in [0, 0.05) is 15.5 Å². The molecule has 1 aromatic carbocycles. The Bertz CT molecular complexity index is 1190. The molecule has 3 aromatic rings. The van der Waals surface area contributed by atoms with Crippen molar-refractivity contribution in [2.45, 2.75) is 37.8 Å². The molecule has 0 spiro atoms. The minimum absolute atomic E-state index is 0.0870. The topological polar surface area (TPSA) is 124 Å². The monoisotopic (exact) mass is 487 g/mol. The molecule has 7 nitrogen and oxygen atoms in total. The highest BCUT2D eigenvalue weighted by atomic mass is 35.5. The Morgan fingerprint density at radius 1 is 1.22 bits per heavy atom. The Hall–Kier alpha value is -2.62. The maximum atomic E-state index is 12.6. The van der Waals surface area contributed by atoms with Gasteiger partial charge in [0.1, 0.15) is 10.8 Å². The number of halogens is 1. The van der Waals surface area contributed by atoms with Crippen LogP contribution in [0.15, 0.2) is 29.4 Å². The van der Waals surface area contributed by atoms with Crippen molar-refractivity contribution in [1.82, 2.24) is 9.97 Å². The molecule has 2 heterocycles. The molecule has 0 saturated carbocycles. The number of amides is 2. The summed E-state index contributed by atoms with van der Waals surface area (Å²) in [6.07, 6.45) is 3.41. The van der Waals surface area contributed by atoms with E-state index in [0.717, 1.165) is 46.5 Å². The van der Waals surface area contributed by atoms with Crippen LogP contribution in [-0.4, -0.2) is 27.5 Å². The summed E-state index contributed by atoms with van der Waals surface area (Å²) in [6.45, 7) is 1.99. The van der Waals surface area contributed by atoms with E-state index >= 15 is 0 Å². The number of fused-ring (bicyclic) bond motifs is 1. The lowest BCUT2D eigenvalue weighted by Gasteiger charge is -2.12. The number of nitrogens with one attached hydrogen (secondary N) is 1. The zero-order valence-corrected chi connectivity index (χ0v) is 19.8. The summed E-state index contributed by atoms with van der Waals surface area (Å²) < 4.78 is 0. The van der Waals surface area contributed by atoms with E-state index < -0.39 is 5.91 Å². The van der Waals surface area contributed by atoms with Crippen molar-refractivity contribution < 1.29 is 9.59 Å². The molecule has 2 aromatic heterocycles. The van der Waals surface area contributed by atoms with Crippen LogP contribution in [0.4, 0.5) is 10.8 Å². The molecule has 5 N–H and O–H groups in total. The van der Waals surface area contributed by atoms with Gasteiger partial charge in [-0.25, -0.2) is 9.97 Å². The van der Waals surface area contributed by atoms with Crippen LogP contribution in [0, 0.1) is 0 Å². The first kappa shape index (κ1) is 22.6. The average molecular weight is 488 g/mol. The number of rotatable bonds is 7. The van der Waals surface area contributed by atoms with E-state index in [2.05, 4.69) is 15.3 Å². The third-order valence-corrected chi connectivity index (χ3v) is 7.52. The largest absolute Gasteiger partial charge is 0.383 e. The molecule has 0 bridgehead atoms. The first-order valence-electron chi connectivity index (χ1n) is 10.2. The number of nitrogens with zero attached hydrogens (tertiary/aromatic N) is 2. The Morgan fingerprint density at radius 2 is 1.97 bits per heavy atom. The summed E-state index contributed by atoms with van der Waals surface area (Å²) in [5, 5.41) is 4.43. The number of hydrogen-bond donors (Lipinski definition) is 3. The van der Waals surface area contributed by atoms with E-state index in [1.807, 2.05) is 19.1 Å². The van der Waals surface area contributed by atoms with Crippen LogP contribution in [0.1, 0.15) is 39.8 Å². The van der Waals surface area contributed by atoms with Gasteiger partial charge in [-0.05, 0) is 48.9 Å². The van der Waals surface area contributed by atoms with Gasteiger partial charge >= 0.3 is 0 Å². The molecule has 1 aliphatic carbocycles. The minimum Gasteiger partial charge on any atom is -0.383 e. The second kappa shape index (κ2) is 9.48. The van der Waals surface area contributed by atoms with Gasteiger partial charge in [-0.15, -0.1) is 11.3 Å². The van der Waals surface area contributed by atoms with Crippen LogP contribution in [0.25, 0.3) is 11.1 Å². The highest BCUT2D eigenvalue weighted by Gasteiger charge is 2.26. The number of nitrogen functional groups attached to an aromatic ring is 1. The highest BCUT2D eigenvalue weighted by molar-refractivity contribution is 7.99. The number of hydrogen-bond acceptors (Lipinski definition) is 7. The first-order valence-corrected chi connectivity index (χ1v) is 12.3. The van der Waals surface area contributed by atoms with E-state index in [1.165, 1.54) is 23.1 Å². The average Bonchev–Trinajstić information content (AvgIpc) is 3.33. The number of anilines is 2. The Morgan fingerprint density at radius 3 is 2.66 bits per heavy atom. The van der Waals surface area contributed by atoms with Gasteiger partial charge in [-0.1, -0.05) is 42.4 Å². The van der Waals surface area contributed by atoms with Crippen molar-refractivity contribution in [2.24, 2.45) is 5.73 Å². The second-order valence-electron chi connectivity index (χ2n) is 7.34. The van der Waals surface area contributed by atoms with Crippen LogP contribution in [-0.2, 0) is 24.1 Å². The van der Waals surface area contributed by atoms with Crippen molar-refractivity contribution in [3.8, 4) is 11.1 Å². The number of carbonyl (C=O) groups excluding carboxylic acids is 2. The maximum Gasteiger partial charge on any atom is 0.251 e. The van der Waals surface area contributed by atoms with Gasteiger partial charge in [0.05, 0.1) is 17.0 Å². The van der Waals surface area contributed by atoms with Crippen LogP contribution < -0.4 is 16.8 Å². The quantitative estimate of drug-likeness (QED) is 0.336. The van der Waals surface area contributed by atoms with Crippen LogP contribution in [0.5, 0.6) is 0 Å². The number of thioether (sulfide) groups is 1. The van der Waals surface area contributed by atoms with Gasteiger partial charge in [-0.3, -0.25) is 9.59 Å². The van der Waals surface area contributed by atoms with Gasteiger partial charge in [-0.2, -0.15) is 0 Å². The molecular formula is C22H22ClN5O2S2. The summed E-state index contributed by atoms with van der Waals surface area (Å²) in [5.41, 5.74) is 15.7. The van der Waals surface area contributed by atoms with Gasteiger partial charge < -0.3 is 16.8 Å². The number of aromatic nitrogens is 2. The number of carbonyl (C=O) groups is 2. The molecule has 166 valence electrons. The molecule has 0 aliphatic heterocycles. The summed E-state index contributed by atoms with van der Waals surface area (Å²) in [5.74, 6) is -0.315. The van der Waals surface area contributed by atoms with Crippen molar-refractivity contribution >= 4 is 57.3 Å². The molecule has 0 atom stereocenters. The fraction of sp³-hybridized carbons (Fsp3) is 0.273. The maximum absolute atomic E-state index is 12.6. The smallest absolute Gasteiger partial charge is 0.251 e. The summed E-state index contributed by atoms with van der Waals surface area (Å²) >= 11 is 8.62. The lowest BCUT2D eigenvalue weighted by molar-refractivity contribution is -0.113. The fourth-order valence-electron chi connectivity index (χ4n) is 3.80. The zero-order chi connectivity index (χ0) is 22.8. The number of nitrogens with two attached hydrogens (primary N) is 2. The number of primary amides is 1. The molecule has 2 amide bonds. The third kappa shape index (κ3) is 4.60. The van der Waals surface area contributed by atoms with Crippen molar-refractivity contribution in [3.63, 3.8) is 0 Å². The van der Waals surface area contributed by atoms with Crippen LogP contribution >= 0.6 is 34.7 Å². The Balaban J connectivity index is 1.48. The van der Waals surface area contributed by atoms with Gasteiger partial charge in [0.25, 0.3) is 5.91 Å². The van der Waals surface area contributed by atoms with Crippen LogP contribution in [0.2, 0.25) is 5.02 Å².